The monoisotopic (exact) mass is 351 g/mol. The van der Waals surface area contributed by atoms with Crippen LogP contribution in [0.1, 0.15) is 30.4 Å². The van der Waals surface area contributed by atoms with Crippen LogP contribution >= 0.6 is 0 Å². The molecule has 1 heterocycles. The van der Waals surface area contributed by atoms with Gasteiger partial charge >= 0.3 is 7.12 Å². The standard InChI is InChI=1S/C20H22BNO4/c1-3-9-25-20-18(12-22)17(7-8-19(20)24-2)15-6-4-5-14(10-15)16-11-21(23)26-13-16/h4-8,10,16,23H,3,9,11,13H2,1-2H3/t16-/m0/s1. The van der Waals surface area contributed by atoms with Gasteiger partial charge in [-0.3, -0.25) is 0 Å². The third-order valence-corrected chi connectivity index (χ3v) is 4.55. The van der Waals surface area contributed by atoms with Crippen molar-refractivity contribution < 1.29 is 19.2 Å². The van der Waals surface area contributed by atoms with Gasteiger partial charge in [0.2, 0.25) is 0 Å². The minimum atomic E-state index is -0.701. The van der Waals surface area contributed by atoms with Crippen LogP contribution in [0.5, 0.6) is 11.5 Å². The first-order valence-corrected chi connectivity index (χ1v) is 8.81. The molecule has 1 fully saturated rings. The molecule has 1 saturated heterocycles. The summed E-state index contributed by atoms with van der Waals surface area (Å²) in [6, 6.07) is 14.0. The molecule has 134 valence electrons. The lowest BCUT2D eigenvalue weighted by Crippen LogP contribution is -2.07. The number of rotatable bonds is 6. The average Bonchev–Trinajstić information content (AvgIpc) is 3.12. The van der Waals surface area contributed by atoms with Crippen molar-refractivity contribution in [2.45, 2.75) is 25.6 Å². The van der Waals surface area contributed by atoms with Crippen molar-refractivity contribution in [3.8, 4) is 28.7 Å². The van der Waals surface area contributed by atoms with Gasteiger partial charge in [-0.05, 0) is 36.0 Å². The molecule has 0 aromatic heterocycles. The second-order valence-electron chi connectivity index (χ2n) is 6.33. The molecule has 5 nitrogen and oxygen atoms in total. The maximum absolute atomic E-state index is 9.76. The van der Waals surface area contributed by atoms with E-state index in [4.69, 9.17) is 14.1 Å². The Labute approximate surface area is 154 Å². The predicted molar refractivity (Wildman–Crippen MR) is 100 cm³/mol. The van der Waals surface area contributed by atoms with Crippen LogP contribution < -0.4 is 9.47 Å². The number of hydrogen-bond donors (Lipinski definition) is 1. The molecule has 0 aliphatic carbocycles. The van der Waals surface area contributed by atoms with Gasteiger partial charge in [-0.25, -0.2) is 0 Å². The quantitative estimate of drug-likeness (QED) is 0.805. The van der Waals surface area contributed by atoms with Gasteiger partial charge in [0.25, 0.3) is 0 Å². The zero-order valence-electron chi connectivity index (χ0n) is 15.1. The Bertz CT molecular complexity index is 818. The van der Waals surface area contributed by atoms with Crippen LogP contribution in [-0.4, -0.2) is 32.5 Å². The first-order chi connectivity index (χ1) is 12.7. The highest BCUT2D eigenvalue weighted by Crippen LogP contribution is 2.39. The number of benzene rings is 2. The molecule has 2 aromatic rings. The van der Waals surface area contributed by atoms with E-state index in [0.717, 1.165) is 23.1 Å². The summed E-state index contributed by atoms with van der Waals surface area (Å²) in [5.41, 5.74) is 3.30. The average molecular weight is 351 g/mol. The van der Waals surface area contributed by atoms with Crippen LogP contribution in [0, 0.1) is 11.3 Å². The van der Waals surface area contributed by atoms with Gasteiger partial charge in [0.15, 0.2) is 11.5 Å². The van der Waals surface area contributed by atoms with Gasteiger partial charge in [0, 0.05) is 18.1 Å². The van der Waals surface area contributed by atoms with E-state index in [9.17, 15) is 10.3 Å². The van der Waals surface area contributed by atoms with Crippen molar-refractivity contribution in [3.63, 3.8) is 0 Å². The van der Waals surface area contributed by atoms with E-state index in [1.165, 1.54) is 0 Å². The number of hydrogen-bond acceptors (Lipinski definition) is 5. The number of methoxy groups -OCH3 is 1. The fraction of sp³-hybridized carbons (Fsp3) is 0.350. The van der Waals surface area contributed by atoms with Gasteiger partial charge in [-0.15, -0.1) is 0 Å². The van der Waals surface area contributed by atoms with Crippen LogP contribution in [0.25, 0.3) is 11.1 Å². The highest BCUT2D eigenvalue weighted by atomic mass is 16.5. The normalized spacial score (nSPS) is 16.4. The van der Waals surface area contributed by atoms with E-state index < -0.39 is 7.12 Å². The molecule has 3 rings (SSSR count). The molecule has 1 atom stereocenters. The SMILES string of the molecule is CCCOc1c(OC)ccc(-c2cccc([C@@H]3COB(O)C3)c2)c1C#N. The molecular weight excluding hydrogens is 329 g/mol. The molecule has 0 bridgehead atoms. The van der Waals surface area contributed by atoms with Crippen LogP contribution in [-0.2, 0) is 4.65 Å². The van der Waals surface area contributed by atoms with Crippen molar-refractivity contribution in [2.24, 2.45) is 0 Å². The van der Waals surface area contributed by atoms with Gasteiger partial charge < -0.3 is 19.2 Å². The highest BCUT2D eigenvalue weighted by Gasteiger charge is 2.30. The second kappa shape index (κ2) is 8.26. The van der Waals surface area contributed by atoms with Gasteiger partial charge in [0.1, 0.15) is 11.6 Å². The molecule has 6 heteroatoms. The first kappa shape index (κ1) is 18.3. The lowest BCUT2D eigenvalue weighted by Gasteiger charge is -2.16. The zero-order valence-corrected chi connectivity index (χ0v) is 15.1. The van der Waals surface area contributed by atoms with Gasteiger partial charge in [-0.2, -0.15) is 5.26 Å². The fourth-order valence-electron chi connectivity index (χ4n) is 3.22. The Balaban J connectivity index is 2.02. The first-order valence-electron chi connectivity index (χ1n) is 8.81. The maximum atomic E-state index is 9.76. The summed E-state index contributed by atoms with van der Waals surface area (Å²) in [5.74, 6) is 1.20. The van der Waals surface area contributed by atoms with E-state index in [1.54, 1.807) is 7.11 Å². The van der Waals surface area contributed by atoms with Crippen molar-refractivity contribution in [3.05, 3.63) is 47.5 Å². The molecule has 26 heavy (non-hydrogen) atoms. The molecule has 1 aliphatic rings. The van der Waals surface area contributed by atoms with Crippen molar-refractivity contribution in [2.75, 3.05) is 20.3 Å². The zero-order chi connectivity index (χ0) is 18.5. The minimum absolute atomic E-state index is 0.157. The topological polar surface area (TPSA) is 71.7 Å². The lowest BCUT2D eigenvalue weighted by atomic mass is 9.79. The summed E-state index contributed by atoms with van der Waals surface area (Å²) in [7, 11) is 0.870. The van der Waals surface area contributed by atoms with Crippen molar-refractivity contribution >= 4 is 7.12 Å². The summed E-state index contributed by atoms with van der Waals surface area (Å²) in [6.07, 6.45) is 1.43. The summed E-state index contributed by atoms with van der Waals surface area (Å²) in [5, 5.41) is 19.4. The summed E-state index contributed by atoms with van der Waals surface area (Å²) >= 11 is 0. The van der Waals surface area contributed by atoms with E-state index in [0.29, 0.717) is 36.6 Å². The predicted octanol–water partition coefficient (Wildman–Crippen LogP) is 3.62. The number of nitriles is 1. The Hall–Kier alpha value is -2.49. The molecule has 0 spiro atoms. The Morgan fingerprint density at radius 1 is 1.35 bits per heavy atom. The molecule has 2 aromatic carbocycles. The Kier molecular flexibility index (Phi) is 5.82. The maximum Gasteiger partial charge on any atom is 0.454 e. The molecular formula is C20H22BNO4. The summed E-state index contributed by atoms with van der Waals surface area (Å²) in [6.45, 7) is 3.04. The number of ether oxygens (including phenoxy) is 2. The second-order valence-corrected chi connectivity index (χ2v) is 6.33. The summed E-state index contributed by atoms with van der Waals surface area (Å²) in [4.78, 5) is 0. The van der Waals surface area contributed by atoms with Crippen molar-refractivity contribution in [1.29, 1.82) is 5.26 Å². The Morgan fingerprint density at radius 3 is 2.85 bits per heavy atom. The third kappa shape index (κ3) is 3.69. The highest BCUT2D eigenvalue weighted by molar-refractivity contribution is 6.43. The van der Waals surface area contributed by atoms with Gasteiger partial charge in [0.05, 0.1) is 13.7 Å². The largest absolute Gasteiger partial charge is 0.493 e. The van der Waals surface area contributed by atoms with Gasteiger partial charge in [-0.1, -0.05) is 31.2 Å². The fourth-order valence-corrected chi connectivity index (χ4v) is 3.22. The smallest absolute Gasteiger partial charge is 0.454 e. The molecule has 0 saturated carbocycles. The molecule has 0 unspecified atom stereocenters. The van der Waals surface area contributed by atoms with E-state index in [2.05, 4.69) is 12.1 Å². The van der Waals surface area contributed by atoms with Crippen LogP contribution in [0.4, 0.5) is 0 Å². The molecule has 0 radical (unpaired) electrons. The lowest BCUT2D eigenvalue weighted by molar-refractivity contribution is 0.292. The Morgan fingerprint density at radius 2 is 2.19 bits per heavy atom. The van der Waals surface area contributed by atoms with Crippen molar-refractivity contribution in [1.82, 2.24) is 0 Å². The van der Waals surface area contributed by atoms with Crippen LogP contribution in [0.15, 0.2) is 36.4 Å². The third-order valence-electron chi connectivity index (χ3n) is 4.55. The summed E-state index contributed by atoms with van der Waals surface area (Å²) < 4.78 is 16.4. The van der Waals surface area contributed by atoms with E-state index in [1.807, 2.05) is 37.3 Å². The molecule has 0 amide bonds. The van der Waals surface area contributed by atoms with E-state index in [-0.39, 0.29) is 5.92 Å². The van der Waals surface area contributed by atoms with E-state index >= 15 is 0 Å². The van der Waals surface area contributed by atoms with Crippen LogP contribution in [0.2, 0.25) is 6.32 Å². The molecule has 1 aliphatic heterocycles. The molecule has 1 N–H and O–H groups in total. The van der Waals surface area contributed by atoms with Crippen LogP contribution in [0.3, 0.4) is 0 Å². The minimum Gasteiger partial charge on any atom is -0.493 e. The number of nitrogens with zero attached hydrogens (tertiary/aromatic N) is 1.